The Morgan fingerprint density at radius 1 is 1.00 bits per heavy atom. The van der Waals surface area contributed by atoms with E-state index in [0.29, 0.717) is 30.3 Å². The number of anilines is 1. The summed E-state index contributed by atoms with van der Waals surface area (Å²) in [6, 6.07) is 15.9. The fourth-order valence-corrected chi connectivity index (χ4v) is 3.41. The lowest BCUT2D eigenvalue weighted by Crippen LogP contribution is -2.37. The minimum absolute atomic E-state index is 0.00589. The standard InChI is InChI=1S/C21H19FN4O/c22-18-9-5-4-8-17(18)19-14-23-25-21(24-19)26-12-10-16(11-13-26)20(27)15-6-2-1-3-7-15/h1-9,14,16H,10-13H2. The van der Waals surface area contributed by atoms with Crippen LogP contribution in [-0.4, -0.2) is 34.1 Å². The molecular formula is C21H19FN4O. The van der Waals surface area contributed by atoms with Gasteiger partial charge in [0.1, 0.15) is 5.82 Å². The second kappa shape index (κ2) is 7.61. The number of carbonyl (C=O) groups is 1. The Hall–Kier alpha value is -3.15. The minimum Gasteiger partial charge on any atom is -0.339 e. The third-order valence-electron chi connectivity index (χ3n) is 4.90. The van der Waals surface area contributed by atoms with Crippen LogP contribution in [0.2, 0.25) is 0 Å². The summed E-state index contributed by atoms with van der Waals surface area (Å²) in [4.78, 5) is 19.1. The zero-order valence-electron chi connectivity index (χ0n) is 14.8. The van der Waals surface area contributed by atoms with E-state index in [-0.39, 0.29) is 17.5 Å². The monoisotopic (exact) mass is 362 g/mol. The number of piperidine rings is 1. The first-order valence-corrected chi connectivity index (χ1v) is 9.01. The van der Waals surface area contributed by atoms with Gasteiger partial charge in [-0.15, -0.1) is 5.10 Å². The van der Waals surface area contributed by atoms with Crippen LogP contribution in [0, 0.1) is 11.7 Å². The van der Waals surface area contributed by atoms with Crippen LogP contribution in [0.15, 0.2) is 60.8 Å². The molecule has 5 nitrogen and oxygen atoms in total. The molecule has 1 aliphatic rings. The molecule has 0 bridgehead atoms. The lowest BCUT2D eigenvalue weighted by Gasteiger charge is -2.31. The van der Waals surface area contributed by atoms with Gasteiger partial charge in [-0.05, 0) is 25.0 Å². The van der Waals surface area contributed by atoms with Crippen LogP contribution in [0.3, 0.4) is 0 Å². The minimum atomic E-state index is -0.337. The number of carbonyl (C=O) groups excluding carboxylic acids is 1. The van der Waals surface area contributed by atoms with E-state index >= 15 is 0 Å². The number of ketones is 1. The lowest BCUT2D eigenvalue weighted by atomic mass is 9.89. The molecular weight excluding hydrogens is 343 g/mol. The van der Waals surface area contributed by atoms with Gasteiger partial charge in [-0.1, -0.05) is 42.5 Å². The van der Waals surface area contributed by atoms with Gasteiger partial charge < -0.3 is 4.90 Å². The van der Waals surface area contributed by atoms with E-state index in [4.69, 9.17) is 0 Å². The topological polar surface area (TPSA) is 59.0 Å². The number of hydrogen-bond acceptors (Lipinski definition) is 5. The smallest absolute Gasteiger partial charge is 0.245 e. The molecule has 0 aliphatic carbocycles. The maximum Gasteiger partial charge on any atom is 0.245 e. The van der Waals surface area contributed by atoms with Crippen LogP contribution in [-0.2, 0) is 0 Å². The zero-order chi connectivity index (χ0) is 18.6. The summed E-state index contributed by atoms with van der Waals surface area (Å²) < 4.78 is 14.0. The quantitative estimate of drug-likeness (QED) is 0.661. The zero-order valence-corrected chi connectivity index (χ0v) is 14.8. The Morgan fingerprint density at radius 2 is 1.70 bits per heavy atom. The summed E-state index contributed by atoms with van der Waals surface area (Å²) in [5.41, 5.74) is 1.62. The number of rotatable bonds is 4. The second-order valence-electron chi connectivity index (χ2n) is 6.61. The maximum absolute atomic E-state index is 14.0. The molecule has 0 amide bonds. The molecule has 3 aromatic rings. The number of halogens is 1. The average Bonchev–Trinajstić information content (AvgIpc) is 2.74. The van der Waals surface area contributed by atoms with Crippen LogP contribution in [0.5, 0.6) is 0 Å². The van der Waals surface area contributed by atoms with E-state index in [2.05, 4.69) is 15.2 Å². The Labute approximate surface area is 156 Å². The predicted molar refractivity (Wildman–Crippen MR) is 101 cm³/mol. The Kier molecular flexibility index (Phi) is 4.87. The van der Waals surface area contributed by atoms with Crippen molar-refractivity contribution in [3.8, 4) is 11.3 Å². The summed E-state index contributed by atoms with van der Waals surface area (Å²) in [5.74, 6) is 0.332. The molecule has 0 atom stereocenters. The molecule has 4 rings (SSSR count). The van der Waals surface area contributed by atoms with Crippen molar-refractivity contribution in [2.45, 2.75) is 12.8 Å². The van der Waals surface area contributed by atoms with Crippen molar-refractivity contribution in [3.63, 3.8) is 0 Å². The first kappa shape index (κ1) is 17.3. The van der Waals surface area contributed by atoms with Gasteiger partial charge in [-0.2, -0.15) is 5.10 Å². The van der Waals surface area contributed by atoms with Gasteiger partial charge >= 0.3 is 0 Å². The molecule has 1 fully saturated rings. The van der Waals surface area contributed by atoms with E-state index in [1.165, 1.54) is 12.3 Å². The first-order chi connectivity index (χ1) is 13.2. The number of Topliss-reactive ketones (excluding diaryl/α,β-unsaturated/α-hetero) is 1. The summed E-state index contributed by atoms with van der Waals surface area (Å²) >= 11 is 0. The van der Waals surface area contributed by atoms with E-state index in [1.807, 2.05) is 35.2 Å². The van der Waals surface area contributed by atoms with E-state index in [0.717, 1.165) is 18.4 Å². The Morgan fingerprint density at radius 3 is 2.44 bits per heavy atom. The highest BCUT2D eigenvalue weighted by molar-refractivity contribution is 5.97. The van der Waals surface area contributed by atoms with Crippen LogP contribution >= 0.6 is 0 Å². The average molecular weight is 362 g/mol. The van der Waals surface area contributed by atoms with Gasteiger partial charge in [0.25, 0.3) is 0 Å². The van der Waals surface area contributed by atoms with E-state index < -0.39 is 0 Å². The third-order valence-corrected chi connectivity index (χ3v) is 4.90. The number of aromatic nitrogens is 3. The lowest BCUT2D eigenvalue weighted by molar-refractivity contribution is 0.0900. The van der Waals surface area contributed by atoms with Crippen molar-refractivity contribution in [2.24, 2.45) is 5.92 Å². The molecule has 136 valence electrons. The second-order valence-corrected chi connectivity index (χ2v) is 6.61. The molecule has 0 saturated carbocycles. The normalized spacial score (nSPS) is 14.9. The van der Waals surface area contributed by atoms with Gasteiger partial charge in [0, 0.05) is 30.1 Å². The van der Waals surface area contributed by atoms with Crippen molar-refractivity contribution in [1.29, 1.82) is 0 Å². The maximum atomic E-state index is 14.0. The molecule has 0 radical (unpaired) electrons. The van der Waals surface area contributed by atoms with Crippen molar-refractivity contribution in [3.05, 3.63) is 72.2 Å². The van der Waals surface area contributed by atoms with Crippen molar-refractivity contribution in [2.75, 3.05) is 18.0 Å². The predicted octanol–water partition coefficient (Wildman–Crippen LogP) is 3.78. The first-order valence-electron chi connectivity index (χ1n) is 9.01. The molecule has 2 heterocycles. The van der Waals surface area contributed by atoms with Crippen LogP contribution in [0.1, 0.15) is 23.2 Å². The molecule has 0 N–H and O–H groups in total. The Balaban J connectivity index is 1.47. The molecule has 6 heteroatoms. The number of nitrogens with zero attached hydrogens (tertiary/aromatic N) is 4. The van der Waals surface area contributed by atoms with E-state index in [9.17, 15) is 9.18 Å². The van der Waals surface area contributed by atoms with Gasteiger partial charge in [-0.3, -0.25) is 4.79 Å². The summed E-state index contributed by atoms with van der Waals surface area (Å²) in [5, 5.41) is 8.10. The fourth-order valence-electron chi connectivity index (χ4n) is 3.41. The van der Waals surface area contributed by atoms with Gasteiger partial charge in [0.2, 0.25) is 5.95 Å². The summed E-state index contributed by atoms with van der Waals surface area (Å²) in [6.45, 7) is 1.34. The van der Waals surface area contributed by atoms with Gasteiger partial charge in [0.15, 0.2) is 5.78 Å². The van der Waals surface area contributed by atoms with Gasteiger partial charge in [-0.25, -0.2) is 9.37 Å². The molecule has 27 heavy (non-hydrogen) atoms. The van der Waals surface area contributed by atoms with Crippen molar-refractivity contribution < 1.29 is 9.18 Å². The highest BCUT2D eigenvalue weighted by Crippen LogP contribution is 2.26. The molecule has 1 saturated heterocycles. The fraction of sp³-hybridized carbons (Fsp3) is 0.238. The van der Waals surface area contributed by atoms with Crippen LogP contribution in [0.4, 0.5) is 10.3 Å². The largest absolute Gasteiger partial charge is 0.339 e. The number of hydrogen-bond donors (Lipinski definition) is 0. The van der Waals surface area contributed by atoms with Crippen molar-refractivity contribution >= 4 is 11.7 Å². The van der Waals surface area contributed by atoms with Crippen LogP contribution in [0.25, 0.3) is 11.3 Å². The van der Waals surface area contributed by atoms with Gasteiger partial charge in [0.05, 0.1) is 11.9 Å². The summed E-state index contributed by atoms with van der Waals surface area (Å²) in [6.07, 6.45) is 2.94. The van der Waals surface area contributed by atoms with Crippen LogP contribution < -0.4 is 4.90 Å². The molecule has 2 aromatic carbocycles. The van der Waals surface area contributed by atoms with E-state index in [1.54, 1.807) is 18.2 Å². The molecule has 0 spiro atoms. The molecule has 0 unspecified atom stereocenters. The Bertz CT molecular complexity index is 940. The third kappa shape index (κ3) is 3.69. The highest BCUT2D eigenvalue weighted by Gasteiger charge is 2.27. The summed E-state index contributed by atoms with van der Waals surface area (Å²) in [7, 11) is 0. The molecule has 1 aromatic heterocycles. The SMILES string of the molecule is O=C(c1ccccc1)C1CCN(c2nncc(-c3ccccc3F)n2)CC1. The van der Waals surface area contributed by atoms with Crippen molar-refractivity contribution in [1.82, 2.24) is 15.2 Å². The highest BCUT2D eigenvalue weighted by atomic mass is 19.1. The number of benzene rings is 2. The molecule has 1 aliphatic heterocycles.